The van der Waals surface area contributed by atoms with Crippen LogP contribution in [0.3, 0.4) is 0 Å². The Hall–Kier alpha value is -15.1. The third-order valence-corrected chi connectivity index (χ3v) is 21.1. The molecule has 744 valence electrons. The van der Waals surface area contributed by atoms with Crippen LogP contribution in [0.4, 0.5) is 13.2 Å². The number of phenolic OH excluding ortho intramolecular Hbond substituents is 1. The summed E-state index contributed by atoms with van der Waals surface area (Å²) in [6, 6.07) is -2.70. The van der Waals surface area contributed by atoms with Crippen LogP contribution in [0.25, 0.3) is 10.9 Å². The normalized spacial score (nSPS) is 14.7. The first kappa shape index (κ1) is 113. The topological polar surface area (TPSA) is 733 Å². The van der Waals surface area contributed by atoms with Crippen LogP contribution in [-0.4, -0.2) is 271 Å². The highest BCUT2D eigenvalue weighted by atomic mass is 19.4. The maximum atomic E-state index is 14.9. The summed E-state index contributed by atoms with van der Waals surface area (Å²) < 4.78 is 31.7. The molecule has 3 aromatic carbocycles. The number of H-pyrrole nitrogens is 2. The second-order valence-electron chi connectivity index (χ2n) is 32.9. The van der Waals surface area contributed by atoms with E-state index in [0.29, 0.717) is 23.1 Å². The molecule has 2 aromatic heterocycles. The number of nitrogens with one attached hydrogen (secondary N) is 16. The van der Waals surface area contributed by atoms with Gasteiger partial charge in [0.15, 0.2) is 0 Å². The van der Waals surface area contributed by atoms with Gasteiger partial charge in [0.25, 0.3) is 0 Å². The van der Waals surface area contributed by atoms with Gasteiger partial charge in [0, 0.05) is 67.5 Å². The predicted molar refractivity (Wildman–Crippen MR) is 470 cm³/mol. The fourth-order valence-corrected chi connectivity index (χ4v) is 13.3. The number of hydrogen-bond acceptors (Lipinski definition) is 23. The number of nitrogens with zero attached hydrogens (tertiary/aromatic N) is 1. The number of imidazole rings is 1. The second-order valence-corrected chi connectivity index (χ2v) is 32.9. The smallest absolute Gasteiger partial charge is 0.490 e. The lowest BCUT2D eigenvalue weighted by molar-refractivity contribution is -0.192. The third-order valence-electron chi connectivity index (χ3n) is 21.1. The average molecular weight is 1920 g/mol. The van der Waals surface area contributed by atoms with Crippen molar-refractivity contribution in [3.05, 3.63) is 120 Å². The number of phenols is 1. The molecule has 16 atom stereocenters. The lowest BCUT2D eigenvalue weighted by Gasteiger charge is -2.31. The predicted octanol–water partition coefficient (Wildman–Crippen LogP) is -0.640. The molecule has 0 saturated heterocycles. The van der Waals surface area contributed by atoms with Crippen molar-refractivity contribution < 1.29 is 155 Å². The van der Waals surface area contributed by atoms with Crippen molar-refractivity contribution in [3.63, 3.8) is 0 Å². The molecule has 14 amide bonds. The van der Waals surface area contributed by atoms with Crippen LogP contribution in [0.1, 0.15) is 156 Å². The number of hydrogen-bond donors (Lipinski definition) is 24. The zero-order valence-electron chi connectivity index (χ0n) is 75.8. The number of alkyl halides is 3. The van der Waals surface area contributed by atoms with Gasteiger partial charge in [0.05, 0.1) is 19.2 Å². The summed E-state index contributed by atoms with van der Waals surface area (Å²) in [6.07, 6.45) is -8.21. The summed E-state index contributed by atoms with van der Waals surface area (Å²) in [5.74, 6) is -30.4. The highest BCUT2D eigenvalue weighted by molar-refractivity contribution is 6.02. The molecule has 0 aliphatic rings. The molecular formula is C87H116F3N17O29. The van der Waals surface area contributed by atoms with Gasteiger partial charge in [-0.25, -0.2) is 14.6 Å². The number of halogens is 3. The van der Waals surface area contributed by atoms with Gasteiger partial charge >= 0.3 is 48.0 Å². The Morgan fingerprint density at radius 3 is 1.24 bits per heavy atom. The number of aromatic amines is 2. The Morgan fingerprint density at radius 1 is 0.382 bits per heavy atom. The molecule has 46 nitrogen and oxygen atoms in total. The van der Waals surface area contributed by atoms with Gasteiger partial charge in [-0.3, -0.25) is 91.1 Å². The van der Waals surface area contributed by atoms with E-state index in [0.717, 1.165) is 17.8 Å². The summed E-state index contributed by atoms with van der Waals surface area (Å²) >= 11 is 0. The van der Waals surface area contributed by atoms with Crippen LogP contribution >= 0.6 is 0 Å². The number of carbonyl (C=O) groups excluding carboxylic acids is 14. The van der Waals surface area contributed by atoms with Crippen LogP contribution in [0, 0.1) is 23.7 Å². The molecule has 24 N–H and O–H groups in total. The highest BCUT2D eigenvalue weighted by Gasteiger charge is 2.42. The molecule has 0 aliphatic heterocycles. The number of carboxylic acid groups (broad SMARTS) is 7. The van der Waals surface area contributed by atoms with Gasteiger partial charge in [-0.05, 0) is 91.7 Å². The van der Waals surface area contributed by atoms with E-state index in [4.69, 9.17) is 15.0 Å². The molecule has 0 unspecified atom stereocenters. The van der Waals surface area contributed by atoms with Gasteiger partial charge in [-0.15, -0.1) is 0 Å². The molecule has 136 heavy (non-hydrogen) atoms. The van der Waals surface area contributed by atoms with Crippen molar-refractivity contribution in [1.82, 2.24) is 89.4 Å². The minimum absolute atomic E-state index is 0.133. The van der Waals surface area contributed by atoms with E-state index < -0.39 is 284 Å². The van der Waals surface area contributed by atoms with Crippen LogP contribution in [0.2, 0.25) is 0 Å². The Balaban J connectivity index is 0.00000529. The Morgan fingerprint density at radius 2 is 0.765 bits per heavy atom. The molecule has 0 radical (unpaired) electrons. The monoisotopic (exact) mass is 1920 g/mol. The summed E-state index contributed by atoms with van der Waals surface area (Å²) in [7, 11) is 0. The maximum absolute atomic E-state index is 14.9. The first-order valence-corrected chi connectivity index (χ1v) is 42.9. The fourth-order valence-electron chi connectivity index (χ4n) is 13.3. The summed E-state index contributed by atoms with van der Waals surface area (Å²) in [5.41, 5.74) is 2.38. The Kier molecular flexibility index (Phi) is 45.6. The third kappa shape index (κ3) is 39.0. The SMILES string of the molecule is CC[C@H](C)[C@H](NC(=O)[C@H](CC(=O)O)NC(=O)[C@H](CC(C)C)NC(=O)[C@H](Cc1cnc[nH]1)NC(=O)[C@H](C)NC(=O)[C@H](Cc1ccccc1)NC(=O)[C@H](Cc1ccc(O)cc1)NC(=O)[C@@H](NC(=O)[C@H](C)NC(=O)[C@H](CCC(=O)O)NC(=O)[C@H](CCC(=O)O)NC(=O)[C@H](CC(=O)O)NC(=O)CC(=O)O)C(C)C)C(=O)N[C@H](C(=O)N[C@@H](Cc1c[nH]c2ccccc12)C(=O)O)[C@@H](C)CC.O=C(O)C(F)(F)F. The second kappa shape index (κ2) is 54.8. The van der Waals surface area contributed by atoms with Gasteiger partial charge in [0.2, 0.25) is 82.7 Å². The van der Waals surface area contributed by atoms with Gasteiger partial charge in [0.1, 0.15) is 96.8 Å². The van der Waals surface area contributed by atoms with Crippen LogP contribution < -0.4 is 74.4 Å². The van der Waals surface area contributed by atoms with E-state index in [2.05, 4.69) is 84.1 Å². The van der Waals surface area contributed by atoms with E-state index in [1.807, 2.05) is 5.32 Å². The molecule has 2 heterocycles. The molecule has 0 fully saturated rings. The van der Waals surface area contributed by atoms with Crippen molar-refractivity contribution in [3.8, 4) is 5.75 Å². The van der Waals surface area contributed by atoms with Crippen molar-refractivity contribution >= 4 is 135 Å². The number of aromatic nitrogens is 3. The molecule has 0 aliphatic carbocycles. The van der Waals surface area contributed by atoms with E-state index in [9.17, 15) is 140 Å². The van der Waals surface area contributed by atoms with Gasteiger partial charge in [-0.2, -0.15) is 13.2 Å². The number of aliphatic carboxylic acids is 7. The van der Waals surface area contributed by atoms with E-state index >= 15 is 0 Å². The summed E-state index contributed by atoms with van der Waals surface area (Å²) in [5, 5.41) is 110. The van der Waals surface area contributed by atoms with Crippen LogP contribution in [0.5, 0.6) is 5.75 Å². The number of rotatable bonds is 55. The first-order chi connectivity index (χ1) is 63.7. The summed E-state index contributed by atoms with van der Waals surface area (Å²) in [4.78, 5) is 289. The fraction of sp³-hybridized carbons (Fsp3) is 0.494. The molecule has 5 aromatic rings. The number of para-hydroxylation sites is 1. The Labute approximate surface area is 775 Å². The molecular weight excluding hydrogens is 1800 g/mol. The van der Waals surface area contributed by atoms with Gasteiger partial charge in [-0.1, -0.05) is 129 Å². The molecule has 0 saturated carbocycles. The first-order valence-electron chi connectivity index (χ1n) is 42.9. The number of carboxylic acids is 7. The molecule has 5 rings (SSSR count). The molecule has 0 spiro atoms. The quantitative estimate of drug-likeness (QED) is 0.0215. The van der Waals surface area contributed by atoms with E-state index in [1.165, 1.54) is 57.6 Å². The standard InChI is InChI=1S/C85H115N17O27.C2HF3O2/c1-11-43(7)70(83(126)99-62(85(128)129)33-49-38-87-53-21-17-16-20-52(49)53)102-84(127)71(44(8)12-2)101-81(124)61(36-67(111)112)97-77(120)56(30-41(3)4)95-79(122)59(34-50-39-86-40-88-50)94-72(115)45(9)90-76(119)57(31-47-18-14-13-15-19-47)96-78(121)58(32-48-22-24-51(103)25-23-48)98-82(125)69(42(5)6)100-73(116)46(10)89-74(117)54(26-28-64(105)106)92-75(118)55(27-29-65(107)108)93-80(123)60(35-66(109)110)91-63(104)37-68(113)114;3-2(4,5)1(6)7/h13-25,38-46,54-62,69-71,87,103H,11-12,26-37H2,1-10H3,(H,86,88)(H,89,117)(H,90,119)(H,91,104)(H,92,118)(H,93,123)(H,94,115)(H,95,122)(H,96,121)(H,97,120)(H,98,125)(H,99,126)(H,100,116)(H,101,124)(H,102,127)(H,105,106)(H,107,108)(H,109,110)(H,111,112)(H,113,114)(H,128,129);(H,6,7)/t43-,44-,45-,46-,54-,55-,56-,57-,58-,59-,60-,61-,62-,69-,70-,71-;/m0./s1. The number of benzene rings is 3. The van der Waals surface area contributed by atoms with E-state index in [1.54, 1.807) is 102 Å². The van der Waals surface area contributed by atoms with Crippen molar-refractivity contribution in [2.45, 2.75) is 250 Å². The largest absolute Gasteiger partial charge is 0.508 e. The zero-order chi connectivity index (χ0) is 102. The molecule has 0 bridgehead atoms. The highest BCUT2D eigenvalue weighted by Crippen LogP contribution is 2.22. The maximum Gasteiger partial charge on any atom is 0.490 e. The minimum Gasteiger partial charge on any atom is -0.508 e. The molecule has 49 heteroatoms. The number of amides is 14. The summed E-state index contributed by atoms with van der Waals surface area (Å²) in [6.45, 7) is 15.3. The number of aromatic hydroxyl groups is 1. The van der Waals surface area contributed by atoms with Crippen molar-refractivity contribution in [1.29, 1.82) is 0 Å². The van der Waals surface area contributed by atoms with Crippen LogP contribution in [0.15, 0.2) is 97.6 Å². The number of carbonyl (C=O) groups is 21. The van der Waals surface area contributed by atoms with E-state index in [-0.39, 0.29) is 50.0 Å². The van der Waals surface area contributed by atoms with Crippen molar-refractivity contribution in [2.75, 3.05) is 0 Å². The minimum atomic E-state index is -5.08. The lowest BCUT2D eigenvalue weighted by atomic mass is 9.94. The van der Waals surface area contributed by atoms with Crippen molar-refractivity contribution in [2.24, 2.45) is 23.7 Å². The van der Waals surface area contributed by atoms with Gasteiger partial charge < -0.3 is 125 Å². The Bertz CT molecular complexity index is 5040. The average Bonchev–Trinajstić information content (AvgIpc) is 1.71. The van der Waals surface area contributed by atoms with Crippen LogP contribution in [-0.2, 0) is 126 Å². The zero-order valence-corrected chi connectivity index (χ0v) is 75.8. The lowest BCUT2D eigenvalue weighted by Crippen LogP contribution is -2.62. The number of fused-ring (bicyclic) bond motifs is 1.